The fourth-order valence-electron chi connectivity index (χ4n) is 2.49. The summed E-state index contributed by atoms with van der Waals surface area (Å²) in [6.07, 6.45) is 2.81. The van der Waals surface area contributed by atoms with Gasteiger partial charge in [0.2, 0.25) is 0 Å². The van der Waals surface area contributed by atoms with E-state index in [-0.39, 0.29) is 0 Å². The Morgan fingerprint density at radius 1 is 1.29 bits per heavy atom. The molecular formula is C15H24N2. The molecule has 2 rings (SSSR count). The summed E-state index contributed by atoms with van der Waals surface area (Å²) in [5.41, 5.74) is 7.28. The highest BCUT2D eigenvalue weighted by Crippen LogP contribution is 2.35. The molecule has 2 nitrogen and oxygen atoms in total. The van der Waals surface area contributed by atoms with Crippen LogP contribution in [0.2, 0.25) is 0 Å². The molecule has 2 unspecified atom stereocenters. The molecule has 2 N–H and O–H groups in total. The van der Waals surface area contributed by atoms with Crippen LogP contribution in [-0.2, 0) is 0 Å². The molecule has 0 heterocycles. The molecule has 0 spiro atoms. The second kappa shape index (κ2) is 5.65. The minimum Gasteiger partial charge on any atom is -0.330 e. The van der Waals surface area contributed by atoms with Gasteiger partial charge in [-0.15, -0.1) is 0 Å². The van der Waals surface area contributed by atoms with Gasteiger partial charge in [0.25, 0.3) is 0 Å². The van der Waals surface area contributed by atoms with Gasteiger partial charge in [0.15, 0.2) is 0 Å². The second-order valence-corrected chi connectivity index (χ2v) is 5.36. The van der Waals surface area contributed by atoms with Crippen molar-refractivity contribution < 1.29 is 0 Å². The third-order valence-corrected chi connectivity index (χ3v) is 4.06. The zero-order valence-corrected chi connectivity index (χ0v) is 11.0. The number of hydrogen-bond acceptors (Lipinski definition) is 2. The number of rotatable bonds is 6. The lowest BCUT2D eigenvalue weighted by molar-refractivity contribution is 0.221. The molecule has 1 aliphatic rings. The smallest absolute Gasteiger partial charge is 0.00924 e. The summed E-state index contributed by atoms with van der Waals surface area (Å²) in [5.74, 6) is 1.39. The average molecular weight is 232 g/mol. The van der Waals surface area contributed by atoms with E-state index in [0.29, 0.717) is 12.0 Å². The van der Waals surface area contributed by atoms with Gasteiger partial charge in [0.05, 0.1) is 0 Å². The van der Waals surface area contributed by atoms with E-state index in [0.717, 1.165) is 19.0 Å². The molecule has 0 aliphatic heterocycles. The number of nitrogens with zero attached hydrogens (tertiary/aromatic N) is 1. The first-order valence-electron chi connectivity index (χ1n) is 6.67. The van der Waals surface area contributed by atoms with Crippen LogP contribution < -0.4 is 5.73 Å². The molecule has 0 amide bonds. The minimum absolute atomic E-state index is 0.461. The Kier molecular flexibility index (Phi) is 4.19. The van der Waals surface area contributed by atoms with Gasteiger partial charge >= 0.3 is 0 Å². The molecule has 0 aromatic heterocycles. The third kappa shape index (κ3) is 3.30. The molecule has 1 aromatic rings. The molecule has 94 valence electrons. The summed E-state index contributed by atoms with van der Waals surface area (Å²) in [4.78, 5) is 2.47. The lowest BCUT2D eigenvalue weighted by Crippen LogP contribution is -2.36. The average Bonchev–Trinajstić information content (AvgIpc) is 3.20. The van der Waals surface area contributed by atoms with Crippen molar-refractivity contribution in [1.82, 2.24) is 4.90 Å². The quantitative estimate of drug-likeness (QED) is 0.816. The van der Waals surface area contributed by atoms with Crippen molar-refractivity contribution >= 4 is 0 Å². The van der Waals surface area contributed by atoms with Crippen molar-refractivity contribution in [3.63, 3.8) is 0 Å². The highest BCUT2D eigenvalue weighted by molar-refractivity contribution is 5.20. The summed E-state index contributed by atoms with van der Waals surface area (Å²) >= 11 is 0. The molecule has 0 radical (unpaired) electrons. The van der Waals surface area contributed by atoms with E-state index in [2.05, 4.69) is 49.2 Å². The standard InChI is InChI=1S/C15H24N2/c1-12(13-8-9-13)17(2)11-15(10-16)14-6-4-3-5-7-14/h3-7,12-13,15H,8-11,16H2,1-2H3. The molecule has 0 saturated heterocycles. The predicted molar refractivity (Wildman–Crippen MR) is 73.1 cm³/mol. The summed E-state index contributed by atoms with van der Waals surface area (Å²) in [5, 5.41) is 0. The van der Waals surface area contributed by atoms with Crippen LogP contribution in [0.4, 0.5) is 0 Å². The first-order valence-corrected chi connectivity index (χ1v) is 6.67. The molecule has 2 heteroatoms. The van der Waals surface area contributed by atoms with E-state index in [4.69, 9.17) is 5.73 Å². The summed E-state index contributed by atoms with van der Waals surface area (Å²) in [6.45, 7) is 4.14. The van der Waals surface area contributed by atoms with E-state index >= 15 is 0 Å². The summed E-state index contributed by atoms with van der Waals surface area (Å²) < 4.78 is 0. The van der Waals surface area contributed by atoms with Crippen LogP contribution in [0.15, 0.2) is 30.3 Å². The third-order valence-electron chi connectivity index (χ3n) is 4.06. The molecule has 1 fully saturated rings. The van der Waals surface area contributed by atoms with E-state index in [1.54, 1.807) is 0 Å². The maximum Gasteiger partial charge on any atom is 0.00924 e. The molecule has 2 atom stereocenters. The molecule has 1 saturated carbocycles. The Bertz CT molecular complexity index is 332. The van der Waals surface area contributed by atoms with Crippen molar-refractivity contribution in [2.75, 3.05) is 20.1 Å². The van der Waals surface area contributed by atoms with Crippen LogP contribution in [0, 0.1) is 5.92 Å². The molecule has 0 bridgehead atoms. The topological polar surface area (TPSA) is 29.3 Å². The highest BCUT2D eigenvalue weighted by atomic mass is 15.1. The van der Waals surface area contributed by atoms with Gasteiger partial charge in [0, 0.05) is 25.0 Å². The molecule has 1 aliphatic carbocycles. The Morgan fingerprint density at radius 2 is 1.94 bits per heavy atom. The fourth-order valence-corrected chi connectivity index (χ4v) is 2.49. The monoisotopic (exact) mass is 232 g/mol. The van der Waals surface area contributed by atoms with Crippen LogP contribution >= 0.6 is 0 Å². The summed E-state index contributed by atoms with van der Waals surface area (Å²) in [6, 6.07) is 11.3. The van der Waals surface area contributed by atoms with Gasteiger partial charge in [-0.2, -0.15) is 0 Å². The Hall–Kier alpha value is -0.860. The SMILES string of the molecule is CC(C1CC1)N(C)CC(CN)c1ccccc1. The molecular weight excluding hydrogens is 208 g/mol. The van der Waals surface area contributed by atoms with E-state index in [1.165, 1.54) is 18.4 Å². The van der Waals surface area contributed by atoms with E-state index < -0.39 is 0 Å². The van der Waals surface area contributed by atoms with Crippen LogP contribution in [-0.4, -0.2) is 31.1 Å². The van der Waals surface area contributed by atoms with Gasteiger partial charge < -0.3 is 10.6 Å². The predicted octanol–water partition coefficient (Wildman–Crippen LogP) is 2.46. The van der Waals surface area contributed by atoms with Gasteiger partial charge in [-0.25, -0.2) is 0 Å². The zero-order chi connectivity index (χ0) is 12.3. The van der Waals surface area contributed by atoms with E-state index in [1.807, 2.05) is 0 Å². The first kappa shape index (κ1) is 12.6. The Labute approximate surface area is 105 Å². The Balaban J connectivity index is 1.95. The van der Waals surface area contributed by atoms with Gasteiger partial charge in [-0.3, -0.25) is 0 Å². The second-order valence-electron chi connectivity index (χ2n) is 5.36. The number of benzene rings is 1. The first-order chi connectivity index (χ1) is 8.22. The van der Waals surface area contributed by atoms with Gasteiger partial charge in [0.1, 0.15) is 0 Å². The van der Waals surface area contributed by atoms with Crippen LogP contribution in [0.5, 0.6) is 0 Å². The largest absolute Gasteiger partial charge is 0.330 e. The van der Waals surface area contributed by atoms with Crippen molar-refractivity contribution in [3.05, 3.63) is 35.9 Å². The van der Waals surface area contributed by atoms with Crippen molar-refractivity contribution in [1.29, 1.82) is 0 Å². The maximum atomic E-state index is 5.92. The maximum absolute atomic E-state index is 5.92. The fraction of sp³-hybridized carbons (Fsp3) is 0.600. The normalized spacial score (nSPS) is 19.3. The van der Waals surface area contributed by atoms with Crippen LogP contribution in [0.1, 0.15) is 31.2 Å². The highest BCUT2D eigenvalue weighted by Gasteiger charge is 2.31. The molecule has 1 aromatic carbocycles. The van der Waals surface area contributed by atoms with Gasteiger partial charge in [-0.1, -0.05) is 30.3 Å². The zero-order valence-electron chi connectivity index (χ0n) is 11.0. The minimum atomic E-state index is 0.461. The lowest BCUT2D eigenvalue weighted by Gasteiger charge is -2.28. The number of likely N-dealkylation sites (N-methyl/N-ethyl adjacent to an activating group) is 1. The van der Waals surface area contributed by atoms with Crippen molar-refractivity contribution in [2.24, 2.45) is 11.7 Å². The Morgan fingerprint density at radius 3 is 2.47 bits per heavy atom. The molecule has 17 heavy (non-hydrogen) atoms. The van der Waals surface area contributed by atoms with Crippen LogP contribution in [0.3, 0.4) is 0 Å². The van der Waals surface area contributed by atoms with Gasteiger partial charge in [-0.05, 0) is 38.3 Å². The van der Waals surface area contributed by atoms with Crippen LogP contribution in [0.25, 0.3) is 0 Å². The van der Waals surface area contributed by atoms with E-state index in [9.17, 15) is 0 Å². The number of nitrogens with two attached hydrogens (primary N) is 1. The van der Waals surface area contributed by atoms with Crippen molar-refractivity contribution in [3.8, 4) is 0 Å². The summed E-state index contributed by atoms with van der Waals surface area (Å²) in [7, 11) is 2.23. The lowest BCUT2D eigenvalue weighted by atomic mass is 9.98. The number of hydrogen-bond donors (Lipinski definition) is 1. The van der Waals surface area contributed by atoms with Crippen molar-refractivity contribution in [2.45, 2.75) is 31.7 Å².